The van der Waals surface area contributed by atoms with Crippen LogP contribution in [0.5, 0.6) is 0 Å². The molecule has 0 saturated heterocycles. The van der Waals surface area contributed by atoms with E-state index in [1.54, 1.807) is 23.7 Å². The molecule has 0 atom stereocenters. The lowest BCUT2D eigenvalue weighted by atomic mass is 10.2. The molecule has 0 unspecified atom stereocenters. The summed E-state index contributed by atoms with van der Waals surface area (Å²) >= 11 is 5.31. The summed E-state index contributed by atoms with van der Waals surface area (Å²) in [7, 11) is 3.55. The van der Waals surface area contributed by atoms with Gasteiger partial charge in [0.15, 0.2) is 0 Å². The Labute approximate surface area is 121 Å². The van der Waals surface area contributed by atoms with E-state index in [0.29, 0.717) is 4.77 Å². The summed E-state index contributed by atoms with van der Waals surface area (Å²) in [5, 5.41) is 13.1. The molecular weight excluding hydrogens is 276 g/mol. The molecule has 0 aliphatic carbocycles. The quantitative estimate of drug-likeness (QED) is 0.870. The third kappa shape index (κ3) is 2.72. The first-order valence-corrected chi connectivity index (χ1v) is 6.47. The number of aryl methyl sites for hydroxylation is 2. The highest BCUT2D eigenvalue weighted by molar-refractivity contribution is 7.71. The van der Waals surface area contributed by atoms with Crippen LogP contribution in [0, 0.1) is 11.7 Å². The lowest BCUT2D eigenvalue weighted by Crippen LogP contribution is -2.24. The van der Waals surface area contributed by atoms with E-state index >= 15 is 0 Å². The number of hydrogen-bond acceptors (Lipinski definition) is 4. The molecule has 2 aromatic rings. The highest BCUT2D eigenvalue weighted by Gasteiger charge is 2.09. The fourth-order valence-electron chi connectivity index (χ4n) is 2.04. The Morgan fingerprint density at radius 2 is 2.00 bits per heavy atom. The molecule has 1 heterocycles. The summed E-state index contributed by atoms with van der Waals surface area (Å²) in [4.78, 5) is 12.4. The van der Waals surface area contributed by atoms with Crippen LogP contribution in [0.3, 0.4) is 0 Å². The van der Waals surface area contributed by atoms with Crippen LogP contribution >= 0.6 is 12.2 Å². The maximum Gasteiger partial charge on any atom is 0.323 e. The maximum absolute atomic E-state index is 10.7. The predicted octanol–water partition coefficient (Wildman–Crippen LogP) is 1.77. The van der Waals surface area contributed by atoms with Gasteiger partial charge in [-0.2, -0.15) is 5.10 Å². The normalized spacial score (nSPS) is 10.6. The Morgan fingerprint density at radius 3 is 2.45 bits per heavy atom. The second-order valence-electron chi connectivity index (χ2n) is 4.56. The third-order valence-corrected chi connectivity index (χ3v) is 3.45. The summed E-state index contributed by atoms with van der Waals surface area (Å²) in [6.45, 7) is 1.85. The van der Waals surface area contributed by atoms with Crippen molar-refractivity contribution < 1.29 is 9.90 Å². The van der Waals surface area contributed by atoms with Gasteiger partial charge in [0.1, 0.15) is 12.4 Å². The number of aromatic nitrogens is 3. The summed E-state index contributed by atoms with van der Waals surface area (Å²) in [6.07, 6.45) is 0. The van der Waals surface area contributed by atoms with Crippen LogP contribution in [-0.4, -0.2) is 39.0 Å². The SMILES string of the molecule is Cc1nn(C)c(=S)n1-c1ccc(N(C)CC(=O)O)cc1. The van der Waals surface area contributed by atoms with E-state index in [4.69, 9.17) is 17.3 Å². The summed E-state index contributed by atoms with van der Waals surface area (Å²) in [6, 6.07) is 7.54. The number of hydrogen-bond donors (Lipinski definition) is 1. The zero-order chi connectivity index (χ0) is 14.9. The van der Waals surface area contributed by atoms with E-state index in [9.17, 15) is 4.79 Å². The molecular formula is C13H16N4O2S. The van der Waals surface area contributed by atoms with Gasteiger partial charge in [0.25, 0.3) is 0 Å². The van der Waals surface area contributed by atoms with Crippen molar-refractivity contribution in [3.05, 3.63) is 34.9 Å². The highest BCUT2D eigenvalue weighted by atomic mass is 32.1. The Morgan fingerprint density at radius 1 is 1.40 bits per heavy atom. The average Bonchev–Trinajstić information content (AvgIpc) is 2.63. The molecule has 0 bridgehead atoms. The molecule has 7 heteroatoms. The van der Waals surface area contributed by atoms with E-state index in [2.05, 4.69) is 5.10 Å². The molecule has 0 aliphatic rings. The van der Waals surface area contributed by atoms with E-state index in [-0.39, 0.29) is 6.54 Å². The largest absolute Gasteiger partial charge is 0.480 e. The van der Waals surface area contributed by atoms with Crippen molar-refractivity contribution in [1.82, 2.24) is 14.3 Å². The average molecular weight is 292 g/mol. The van der Waals surface area contributed by atoms with Gasteiger partial charge >= 0.3 is 5.97 Å². The van der Waals surface area contributed by atoms with Crippen molar-refractivity contribution in [3.63, 3.8) is 0 Å². The van der Waals surface area contributed by atoms with Crippen LogP contribution in [0.4, 0.5) is 5.69 Å². The van der Waals surface area contributed by atoms with Crippen molar-refractivity contribution >= 4 is 23.9 Å². The van der Waals surface area contributed by atoms with Gasteiger partial charge in [-0.25, -0.2) is 4.68 Å². The number of anilines is 1. The second-order valence-corrected chi connectivity index (χ2v) is 4.92. The molecule has 0 radical (unpaired) electrons. The van der Waals surface area contributed by atoms with Crippen molar-refractivity contribution in [2.45, 2.75) is 6.92 Å². The standard InChI is InChI=1S/C13H16N4O2S/c1-9-14-16(3)13(20)17(9)11-6-4-10(5-7-11)15(2)8-12(18)19/h4-7H,8H2,1-3H3,(H,18,19). The second kappa shape index (κ2) is 5.46. The van der Waals surface area contributed by atoms with Crippen molar-refractivity contribution in [2.75, 3.05) is 18.5 Å². The zero-order valence-electron chi connectivity index (χ0n) is 11.6. The topological polar surface area (TPSA) is 63.3 Å². The Balaban J connectivity index is 2.33. The first-order valence-electron chi connectivity index (χ1n) is 6.06. The molecule has 2 rings (SSSR count). The van der Waals surface area contributed by atoms with E-state index in [1.165, 1.54) is 0 Å². The van der Waals surface area contributed by atoms with Crippen LogP contribution in [-0.2, 0) is 11.8 Å². The minimum atomic E-state index is -0.859. The van der Waals surface area contributed by atoms with Crippen LogP contribution in [0.2, 0.25) is 0 Å². The molecule has 1 aromatic heterocycles. The minimum Gasteiger partial charge on any atom is -0.480 e. The molecule has 1 N–H and O–H groups in total. The van der Waals surface area contributed by atoms with Crippen molar-refractivity contribution in [2.24, 2.45) is 7.05 Å². The highest BCUT2D eigenvalue weighted by Crippen LogP contribution is 2.17. The van der Waals surface area contributed by atoms with Gasteiger partial charge in [-0.05, 0) is 43.4 Å². The Bertz CT molecular complexity index is 687. The predicted molar refractivity (Wildman–Crippen MR) is 79.0 cm³/mol. The van der Waals surface area contributed by atoms with Gasteiger partial charge < -0.3 is 10.0 Å². The number of aliphatic carboxylic acids is 1. The Hall–Kier alpha value is -2.15. The number of nitrogens with zero attached hydrogens (tertiary/aromatic N) is 4. The summed E-state index contributed by atoms with van der Waals surface area (Å²) < 4.78 is 4.14. The van der Waals surface area contributed by atoms with Gasteiger partial charge in [-0.15, -0.1) is 0 Å². The fraction of sp³-hybridized carbons (Fsp3) is 0.308. The van der Waals surface area contributed by atoms with Crippen molar-refractivity contribution in [3.8, 4) is 5.69 Å². The van der Waals surface area contributed by atoms with E-state index in [0.717, 1.165) is 17.2 Å². The molecule has 6 nitrogen and oxygen atoms in total. The number of carboxylic acid groups (broad SMARTS) is 1. The van der Waals surface area contributed by atoms with Crippen LogP contribution < -0.4 is 4.90 Å². The van der Waals surface area contributed by atoms with Crippen molar-refractivity contribution in [1.29, 1.82) is 0 Å². The Kier molecular flexibility index (Phi) is 3.89. The zero-order valence-corrected chi connectivity index (χ0v) is 12.4. The first-order chi connectivity index (χ1) is 9.40. The van der Waals surface area contributed by atoms with Crippen LogP contribution in [0.25, 0.3) is 5.69 Å². The summed E-state index contributed by atoms with van der Waals surface area (Å²) in [5.41, 5.74) is 1.75. The van der Waals surface area contributed by atoms with E-state index < -0.39 is 5.97 Å². The number of carbonyl (C=O) groups is 1. The van der Waals surface area contributed by atoms with E-state index in [1.807, 2.05) is 35.8 Å². The number of benzene rings is 1. The number of carboxylic acids is 1. The monoisotopic (exact) mass is 292 g/mol. The van der Waals surface area contributed by atoms with Gasteiger partial charge in [-0.3, -0.25) is 9.36 Å². The molecule has 106 valence electrons. The number of rotatable bonds is 4. The minimum absolute atomic E-state index is 0.0370. The van der Waals surface area contributed by atoms with Gasteiger partial charge in [0.05, 0.1) is 0 Å². The molecule has 20 heavy (non-hydrogen) atoms. The molecule has 0 amide bonds. The maximum atomic E-state index is 10.7. The molecule has 0 aliphatic heterocycles. The van der Waals surface area contributed by atoms with Crippen LogP contribution in [0.15, 0.2) is 24.3 Å². The molecule has 0 spiro atoms. The van der Waals surface area contributed by atoms with Gasteiger partial charge in [-0.1, -0.05) is 0 Å². The molecule has 0 saturated carbocycles. The van der Waals surface area contributed by atoms with Gasteiger partial charge in [0.2, 0.25) is 4.77 Å². The fourth-order valence-corrected chi connectivity index (χ4v) is 2.31. The lowest BCUT2D eigenvalue weighted by Gasteiger charge is -2.17. The van der Waals surface area contributed by atoms with Crippen LogP contribution in [0.1, 0.15) is 5.82 Å². The van der Waals surface area contributed by atoms with Gasteiger partial charge in [0, 0.05) is 25.5 Å². The summed E-state index contributed by atoms with van der Waals surface area (Å²) in [5.74, 6) is -0.0500. The molecule has 1 aromatic carbocycles. The first kappa shape index (κ1) is 14.3. The molecule has 0 fully saturated rings. The third-order valence-electron chi connectivity index (χ3n) is 3.01. The lowest BCUT2D eigenvalue weighted by molar-refractivity contribution is -0.135. The number of likely N-dealkylation sites (N-methyl/N-ethyl adjacent to an activating group) is 1. The smallest absolute Gasteiger partial charge is 0.323 e.